The molecule has 0 radical (unpaired) electrons. The van der Waals surface area contributed by atoms with Gasteiger partial charge < -0.3 is 0 Å². The minimum atomic E-state index is -0.927. The van der Waals surface area contributed by atoms with Crippen LogP contribution >= 0.6 is 0 Å². The molecule has 0 fully saturated rings. The van der Waals surface area contributed by atoms with E-state index in [0.717, 1.165) is 10.6 Å². The largest absolute Gasteiger partial charge is 0.243 e. The van der Waals surface area contributed by atoms with Gasteiger partial charge in [-0.25, -0.2) is 4.21 Å². The maximum absolute atomic E-state index is 11.3. The standard InChI is InChI=1S/C8H8NOS/c1-9-6-11(10)8-5-3-2-4-7(8)9/h2-6H,1H3/q+1. The first-order chi connectivity index (χ1) is 5.29. The Hall–Kier alpha value is -0.960. The van der Waals surface area contributed by atoms with Gasteiger partial charge in [-0.15, -0.1) is 0 Å². The summed E-state index contributed by atoms with van der Waals surface area (Å²) in [7, 11) is 0.980. The number of nitrogens with zero attached hydrogens (tertiary/aromatic N) is 1. The summed E-state index contributed by atoms with van der Waals surface area (Å²) in [6.07, 6.45) is 0. The van der Waals surface area contributed by atoms with Crippen LogP contribution in [0.25, 0.3) is 0 Å². The number of para-hydroxylation sites is 1. The Labute approximate surface area is 67.6 Å². The lowest BCUT2D eigenvalue weighted by Gasteiger charge is -1.89. The van der Waals surface area contributed by atoms with Crippen molar-refractivity contribution in [2.45, 2.75) is 4.90 Å². The zero-order chi connectivity index (χ0) is 7.84. The maximum atomic E-state index is 11.3. The second-order valence-corrected chi connectivity index (χ2v) is 3.73. The minimum absolute atomic E-state index is 0.912. The van der Waals surface area contributed by atoms with Crippen LogP contribution < -0.4 is 0 Å². The van der Waals surface area contributed by atoms with Crippen molar-refractivity contribution < 1.29 is 8.78 Å². The Bertz CT molecular complexity index is 357. The molecule has 0 saturated carbocycles. The molecule has 1 atom stereocenters. The first kappa shape index (κ1) is 6.73. The predicted octanol–water partition coefficient (Wildman–Crippen LogP) is 1.11. The van der Waals surface area contributed by atoms with Crippen LogP contribution in [0.2, 0.25) is 0 Å². The average Bonchev–Trinajstić information content (AvgIpc) is 2.30. The second kappa shape index (κ2) is 2.27. The summed E-state index contributed by atoms with van der Waals surface area (Å²) in [5, 5.41) is 0. The fourth-order valence-electron chi connectivity index (χ4n) is 1.18. The lowest BCUT2D eigenvalue weighted by Crippen LogP contribution is -1.92. The monoisotopic (exact) mass is 166 g/mol. The summed E-state index contributed by atoms with van der Waals surface area (Å²) in [5.41, 5.74) is 2.76. The van der Waals surface area contributed by atoms with Crippen molar-refractivity contribution in [3.63, 3.8) is 0 Å². The van der Waals surface area contributed by atoms with Crippen molar-refractivity contribution in [2.24, 2.45) is 0 Å². The van der Waals surface area contributed by atoms with Crippen LogP contribution in [-0.2, 0) is 10.8 Å². The first-order valence-corrected chi connectivity index (χ1v) is 4.58. The molecule has 11 heavy (non-hydrogen) atoms. The van der Waals surface area contributed by atoms with Gasteiger partial charge >= 0.3 is 0 Å². The number of rotatable bonds is 0. The molecule has 1 aromatic rings. The summed E-state index contributed by atoms with van der Waals surface area (Å²) in [6, 6.07) is 7.72. The third-order valence-corrected chi connectivity index (χ3v) is 3.00. The van der Waals surface area contributed by atoms with E-state index in [-0.39, 0.29) is 0 Å². The van der Waals surface area contributed by atoms with Crippen molar-refractivity contribution in [3.05, 3.63) is 24.3 Å². The Kier molecular flexibility index (Phi) is 1.39. The Morgan fingerprint density at radius 2 is 2.09 bits per heavy atom. The normalized spacial score (nSPS) is 21.2. The Morgan fingerprint density at radius 3 is 2.82 bits per heavy atom. The lowest BCUT2D eigenvalue weighted by atomic mass is 10.3. The van der Waals surface area contributed by atoms with Gasteiger partial charge in [0.05, 0.1) is 0 Å². The maximum Gasteiger partial charge on any atom is 0.239 e. The fourth-order valence-corrected chi connectivity index (χ4v) is 2.32. The first-order valence-electron chi connectivity index (χ1n) is 3.36. The van der Waals surface area contributed by atoms with Gasteiger partial charge in [-0.3, -0.25) is 0 Å². The highest BCUT2D eigenvalue weighted by Gasteiger charge is 2.23. The highest BCUT2D eigenvalue weighted by atomic mass is 32.2. The predicted molar refractivity (Wildman–Crippen MR) is 44.8 cm³/mol. The minimum Gasteiger partial charge on any atom is -0.243 e. The van der Waals surface area contributed by atoms with Crippen LogP contribution in [0.5, 0.6) is 0 Å². The van der Waals surface area contributed by atoms with Crippen molar-refractivity contribution in [2.75, 3.05) is 7.05 Å². The van der Waals surface area contributed by atoms with Crippen LogP contribution in [0, 0.1) is 0 Å². The molecule has 2 nitrogen and oxygen atoms in total. The van der Waals surface area contributed by atoms with E-state index in [1.54, 1.807) is 5.55 Å². The van der Waals surface area contributed by atoms with Crippen LogP contribution in [0.3, 0.4) is 0 Å². The highest BCUT2D eigenvalue weighted by Crippen LogP contribution is 2.24. The van der Waals surface area contributed by atoms with Gasteiger partial charge in [0.15, 0.2) is 0 Å². The third-order valence-electron chi connectivity index (χ3n) is 1.72. The van der Waals surface area contributed by atoms with Gasteiger partial charge in [0.25, 0.3) is 0 Å². The van der Waals surface area contributed by atoms with E-state index in [9.17, 15) is 4.21 Å². The summed E-state index contributed by atoms with van der Waals surface area (Å²) in [4.78, 5) is 0.912. The van der Waals surface area contributed by atoms with Crippen LogP contribution in [0.15, 0.2) is 29.2 Å². The molecule has 3 heteroatoms. The molecule has 2 rings (SSSR count). The van der Waals surface area contributed by atoms with Crippen molar-refractivity contribution in [1.29, 1.82) is 0 Å². The van der Waals surface area contributed by atoms with E-state index in [1.165, 1.54) is 0 Å². The zero-order valence-corrected chi connectivity index (χ0v) is 6.97. The fraction of sp³-hybridized carbons (Fsp3) is 0.125. The summed E-state index contributed by atoms with van der Waals surface area (Å²) < 4.78 is 13.2. The van der Waals surface area contributed by atoms with E-state index in [4.69, 9.17) is 0 Å². The molecular weight excluding hydrogens is 158 g/mol. The summed E-state index contributed by atoms with van der Waals surface area (Å²) in [5.74, 6) is 0. The van der Waals surface area contributed by atoms with Crippen LogP contribution in [0.1, 0.15) is 0 Å². The number of hydrogen-bond donors (Lipinski definition) is 0. The molecule has 0 aliphatic carbocycles. The molecule has 1 aliphatic rings. The zero-order valence-electron chi connectivity index (χ0n) is 6.15. The molecule has 0 N–H and O–H groups in total. The second-order valence-electron chi connectivity index (χ2n) is 2.48. The van der Waals surface area contributed by atoms with Gasteiger partial charge in [-0.2, -0.15) is 4.58 Å². The third kappa shape index (κ3) is 0.922. The molecular formula is C8H8NOS+. The van der Waals surface area contributed by atoms with Crippen LogP contribution in [-0.4, -0.2) is 21.4 Å². The smallest absolute Gasteiger partial charge is 0.239 e. The number of fused-ring (bicyclic) bond motifs is 1. The molecule has 0 spiro atoms. The van der Waals surface area contributed by atoms with Crippen molar-refractivity contribution >= 4 is 22.0 Å². The molecule has 0 saturated heterocycles. The van der Waals surface area contributed by atoms with Crippen molar-refractivity contribution in [3.8, 4) is 0 Å². The van der Waals surface area contributed by atoms with E-state index in [2.05, 4.69) is 0 Å². The summed E-state index contributed by atoms with van der Waals surface area (Å²) >= 11 is 0. The van der Waals surface area contributed by atoms with Crippen molar-refractivity contribution in [1.82, 2.24) is 0 Å². The quantitative estimate of drug-likeness (QED) is 0.529. The lowest BCUT2D eigenvalue weighted by molar-refractivity contribution is -0.397. The average molecular weight is 166 g/mol. The molecule has 1 heterocycles. The van der Waals surface area contributed by atoms with E-state index < -0.39 is 10.8 Å². The van der Waals surface area contributed by atoms with Gasteiger partial charge in [0, 0.05) is 6.07 Å². The van der Waals surface area contributed by atoms with Gasteiger partial charge in [0.1, 0.15) is 22.7 Å². The number of hydrogen-bond acceptors (Lipinski definition) is 1. The van der Waals surface area contributed by atoms with E-state index >= 15 is 0 Å². The van der Waals surface area contributed by atoms with Gasteiger partial charge in [0.2, 0.25) is 11.2 Å². The topological polar surface area (TPSA) is 20.1 Å². The SMILES string of the molecule is C[N+]1=CS(=O)c2ccccc21. The Balaban J connectivity index is 2.71. The van der Waals surface area contributed by atoms with E-state index in [0.29, 0.717) is 0 Å². The van der Waals surface area contributed by atoms with Gasteiger partial charge in [-0.1, -0.05) is 12.1 Å². The van der Waals surface area contributed by atoms with E-state index in [1.807, 2.05) is 35.9 Å². The van der Waals surface area contributed by atoms with Gasteiger partial charge in [-0.05, 0) is 6.07 Å². The molecule has 1 unspecified atom stereocenters. The molecule has 0 aromatic heterocycles. The molecule has 1 aliphatic heterocycles. The molecule has 1 aromatic carbocycles. The highest BCUT2D eigenvalue weighted by molar-refractivity contribution is 7.98. The molecule has 0 amide bonds. The number of benzene rings is 1. The van der Waals surface area contributed by atoms with Crippen LogP contribution in [0.4, 0.5) is 5.69 Å². The molecule has 56 valence electrons. The summed E-state index contributed by atoms with van der Waals surface area (Å²) in [6.45, 7) is 0. The Morgan fingerprint density at radius 1 is 1.36 bits per heavy atom. The molecule has 0 bridgehead atoms.